The Morgan fingerprint density at radius 3 is 3.26 bits per heavy atom. The third kappa shape index (κ3) is 2.52. The minimum atomic E-state index is 0.0782. The van der Waals surface area contributed by atoms with Crippen molar-refractivity contribution in [1.82, 2.24) is 19.4 Å². The average molecular weight is 308 g/mol. The van der Waals surface area contributed by atoms with Gasteiger partial charge >= 0.3 is 0 Å². The van der Waals surface area contributed by atoms with E-state index in [9.17, 15) is 4.79 Å². The minimum Gasteiger partial charge on any atom is -0.361 e. The van der Waals surface area contributed by atoms with Crippen molar-refractivity contribution in [2.45, 2.75) is 19.4 Å². The fraction of sp³-hybridized carbons (Fsp3) is 0.333. The van der Waals surface area contributed by atoms with Crippen molar-refractivity contribution in [2.24, 2.45) is 5.92 Å². The number of carbonyl (C=O) groups is 1. The van der Waals surface area contributed by atoms with Crippen LogP contribution in [-0.2, 0) is 13.0 Å². The lowest BCUT2D eigenvalue weighted by atomic mass is 9.98. The molecular formula is C18H20N4O. The number of nitrogens with zero attached hydrogens (tertiary/aromatic N) is 3. The lowest BCUT2D eigenvalue weighted by Crippen LogP contribution is -2.35. The summed E-state index contributed by atoms with van der Waals surface area (Å²) < 4.78 is 2.21. The number of hydrogen-bond donors (Lipinski definition) is 1. The number of aromatic nitrogens is 3. The van der Waals surface area contributed by atoms with Crippen molar-refractivity contribution in [1.29, 1.82) is 0 Å². The largest absolute Gasteiger partial charge is 0.361 e. The number of benzene rings is 1. The van der Waals surface area contributed by atoms with Gasteiger partial charge in [0.05, 0.1) is 11.1 Å². The fourth-order valence-electron chi connectivity index (χ4n) is 3.53. The number of imidazole rings is 1. The second-order valence-corrected chi connectivity index (χ2v) is 6.33. The summed E-state index contributed by atoms with van der Waals surface area (Å²) in [6, 6.07) is 7.85. The van der Waals surface area contributed by atoms with Crippen LogP contribution in [0.15, 0.2) is 42.9 Å². The summed E-state index contributed by atoms with van der Waals surface area (Å²) in [5.41, 5.74) is 1.67. The molecule has 0 spiro atoms. The highest BCUT2D eigenvalue weighted by atomic mass is 16.2. The van der Waals surface area contributed by atoms with Gasteiger partial charge in [0.2, 0.25) is 0 Å². The molecule has 0 saturated carbocycles. The van der Waals surface area contributed by atoms with E-state index in [1.54, 1.807) is 0 Å². The summed E-state index contributed by atoms with van der Waals surface area (Å²) >= 11 is 0. The van der Waals surface area contributed by atoms with E-state index in [1.807, 2.05) is 54.8 Å². The minimum absolute atomic E-state index is 0.0782. The summed E-state index contributed by atoms with van der Waals surface area (Å²) in [5, 5.41) is 1.07. The molecule has 0 aliphatic carbocycles. The van der Waals surface area contributed by atoms with E-state index < -0.39 is 0 Å². The predicted molar refractivity (Wildman–Crippen MR) is 89.3 cm³/mol. The lowest BCUT2D eigenvalue weighted by Gasteiger charge is -2.28. The number of amides is 1. The van der Waals surface area contributed by atoms with Crippen LogP contribution >= 0.6 is 0 Å². The van der Waals surface area contributed by atoms with Crippen molar-refractivity contribution in [3.63, 3.8) is 0 Å². The maximum atomic E-state index is 12.8. The van der Waals surface area contributed by atoms with Crippen LogP contribution in [0.5, 0.6) is 0 Å². The molecule has 0 bridgehead atoms. The van der Waals surface area contributed by atoms with E-state index in [-0.39, 0.29) is 5.91 Å². The molecule has 1 amide bonds. The first-order valence-corrected chi connectivity index (χ1v) is 8.04. The first-order chi connectivity index (χ1) is 11.2. The Hall–Kier alpha value is -2.56. The van der Waals surface area contributed by atoms with Crippen LogP contribution in [0, 0.1) is 5.92 Å². The number of nitrogens with one attached hydrogen (secondary N) is 1. The van der Waals surface area contributed by atoms with Gasteiger partial charge in [-0.2, -0.15) is 0 Å². The number of rotatable bonds is 3. The Balaban J connectivity index is 1.50. The van der Waals surface area contributed by atoms with Crippen molar-refractivity contribution >= 4 is 16.8 Å². The van der Waals surface area contributed by atoms with E-state index in [2.05, 4.69) is 14.5 Å². The van der Waals surface area contributed by atoms with Gasteiger partial charge in [0, 0.05) is 50.5 Å². The second kappa shape index (κ2) is 5.57. The van der Waals surface area contributed by atoms with Gasteiger partial charge in [-0.25, -0.2) is 4.98 Å². The zero-order valence-electron chi connectivity index (χ0n) is 13.2. The molecule has 1 aliphatic rings. The summed E-state index contributed by atoms with van der Waals surface area (Å²) in [6.07, 6.45) is 7.85. The molecular weight excluding hydrogens is 288 g/mol. The Morgan fingerprint density at radius 1 is 1.43 bits per heavy atom. The molecule has 0 radical (unpaired) electrons. The van der Waals surface area contributed by atoms with Gasteiger partial charge in [-0.1, -0.05) is 12.1 Å². The zero-order valence-corrected chi connectivity index (χ0v) is 13.2. The SMILES string of the molecule is CN(C[C@@H]1CCc2nccn2C1)C(=O)c1cccc2cc[nH]c12. The molecule has 5 heteroatoms. The molecule has 1 atom stereocenters. The number of aromatic amines is 1. The van der Waals surface area contributed by atoms with Crippen LogP contribution < -0.4 is 0 Å². The molecule has 1 aromatic carbocycles. The standard InChI is InChI=1S/C18H20N4O/c1-21(11-13-5-6-16-19-9-10-22(16)12-13)18(23)15-4-2-3-14-7-8-20-17(14)15/h2-4,7-10,13,20H,5-6,11-12H2,1H3/t13-/m0/s1. The topological polar surface area (TPSA) is 53.9 Å². The van der Waals surface area contributed by atoms with E-state index in [0.717, 1.165) is 48.2 Å². The fourth-order valence-corrected chi connectivity index (χ4v) is 3.53. The first-order valence-electron chi connectivity index (χ1n) is 8.04. The number of aryl methyl sites for hydroxylation is 1. The maximum Gasteiger partial charge on any atom is 0.255 e. The highest BCUT2D eigenvalue weighted by molar-refractivity contribution is 6.05. The molecule has 5 nitrogen and oxygen atoms in total. The van der Waals surface area contributed by atoms with E-state index in [1.165, 1.54) is 0 Å². The molecule has 3 aromatic rings. The summed E-state index contributed by atoms with van der Waals surface area (Å²) in [4.78, 5) is 22.2. The van der Waals surface area contributed by atoms with Gasteiger partial charge in [0.1, 0.15) is 5.82 Å². The van der Waals surface area contributed by atoms with Crippen molar-refractivity contribution < 1.29 is 4.79 Å². The van der Waals surface area contributed by atoms with Gasteiger partial charge in [0.25, 0.3) is 5.91 Å². The number of fused-ring (bicyclic) bond motifs is 2. The van der Waals surface area contributed by atoms with Gasteiger partial charge < -0.3 is 14.5 Å². The Bertz CT molecular complexity index is 847. The van der Waals surface area contributed by atoms with Crippen molar-refractivity contribution in [2.75, 3.05) is 13.6 Å². The summed E-state index contributed by atoms with van der Waals surface area (Å²) in [6.45, 7) is 1.72. The van der Waals surface area contributed by atoms with Crippen LogP contribution in [-0.4, -0.2) is 38.9 Å². The monoisotopic (exact) mass is 308 g/mol. The van der Waals surface area contributed by atoms with Gasteiger partial charge in [-0.05, 0) is 24.5 Å². The summed E-state index contributed by atoms with van der Waals surface area (Å²) in [7, 11) is 1.90. The molecule has 1 N–H and O–H groups in total. The van der Waals surface area contributed by atoms with E-state index >= 15 is 0 Å². The van der Waals surface area contributed by atoms with Crippen LogP contribution in [0.4, 0.5) is 0 Å². The Labute approximate surface area is 134 Å². The lowest BCUT2D eigenvalue weighted by molar-refractivity contribution is 0.0762. The predicted octanol–water partition coefficient (Wildman–Crippen LogP) is 2.70. The molecule has 0 saturated heterocycles. The normalized spacial score (nSPS) is 17.2. The van der Waals surface area contributed by atoms with Crippen LogP contribution in [0.3, 0.4) is 0 Å². The van der Waals surface area contributed by atoms with Gasteiger partial charge in [0.15, 0.2) is 0 Å². The first kappa shape index (κ1) is 14.1. The second-order valence-electron chi connectivity index (χ2n) is 6.33. The maximum absolute atomic E-state index is 12.8. The van der Waals surface area contributed by atoms with Crippen molar-refractivity contribution in [3.05, 3.63) is 54.2 Å². The van der Waals surface area contributed by atoms with Crippen molar-refractivity contribution in [3.8, 4) is 0 Å². The molecule has 0 fully saturated rings. The molecule has 23 heavy (non-hydrogen) atoms. The zero-order chi connectivity index (χ0) is 15.8. The highest BCUT2D eigenvalue weighted by Crippen LogP contribution is 2.22. The molecule has 2 aromatic heterocycles. The van der Waals surface area contributed by atoms with Gasteiger partial charge in [-0.15, -0.1) is 0 Å². The average Bonchev–Trinajstić information content (AvgIpc) is 3.21. The number of para-hydroxylation sites is 1. The molecule has 0 unspecified atom stereocenters. The third-order valence-electron chi connectivity index (χ3n) is 4.73. The van der Waals surface area contributed by atoms with Crippen LogP contribution in [0.2, 0.25) is 0 Å². The number of carbonyl (C=O) groups excluding carboxylic acids is 1. The number of hydrogen-bond acceptors (Lipinski definition) is 2. The summed E-state index contributed by atoms with van der Waals surface area (Å²) in [5.74, 6) is 1.72. The third-order valence-corrected chi connectivity index (χ3v) is 4.73. The quantitative estimate of drug-likeness (QED) is 0.809. The molecule has 1 aliphatic heterocycles. The Morgan fingerprint density at radius 2 is 2.35 bits per heavy atom. The molecule has 4 rings (SSSR count). The van der Waals surface area contributed by atoms with Crippen LogP contribution in [0.1, 0.15) is 22.6 Å². The molecule has 118 valence electrons. The molecule has 3 heterocycles. The van der Waals surface area contributed by atoms with E-state index in [0.29, 0.717) is 5.92 Å². The van der Waals surface area contributed by atoms with Gasteiger partial charge in [-0.3, -0.25) is 4.79 Å². The Kier molecular flexibility index (Phi) is 3.41. The van der Waals surface area contributed by atoms with Crippen LogP contribution in [0.25, 0.3) is 10.9 Å². The highest BCUT2D eigenvalue weighted by Gasteiger charge is 2.23. The number of H-pyrrole nitrogens is 1. The smallest absolute Gasteiger partial charge is 0.255 e. The van der Waals surface area contributed by atoms with E-state index in [4.69, 9.17) is 0 Å².